The van der Waals surface area contributed by atoms with Crippen LogP contribution in [0.1, 0.15) is 39.7 Å². The van der Waals surface area contributed by atoms with Crippen LogP contribution in [0, 0.1) is 11.3 Å². The highest BCUT2D eigenvalue weighted by molar-refractivity contribution is 5.96. The van der Waals surface area contributed by atoms with E-state index in [2.05, 4.69) is 0 Å². The number of amides is 2. The summed E-state index contributed by atoms with van der Waals surface area (Å²) < 4.78 is 10.6. The number of carbonyl (C=O) groups excluding carboxylic acids is 3. The van der Waals surface area contributed by atoms with Gasteiger partial charge in [0, 0.05) is 6.54 Å². The van der Waals surface area contributed by atoms with Gasteiger partial charge >= 0.3 is 12.1 Å². The van der Waals surface area contributed by atoms with Crippen LogP contribution in [0.2, 0.25) is 0 Å². The van der Waals surface area contributed by atoms with Crippen LogP contribution in [0.15, 0.2) is 30.3 Å². The first-order chi connectivity index (χ1) is 11.7. The average molecular weight is 347 g/mol. The van der Waals surface area contributed by atoms with E-state index in [9.17, 15) is 14.4 Å². The predicted octanol–water partition coefficient (Wildman–Crippen LogP) is 3.15. The van der Waals surface area contributed by atoms with Gasteiger partial charge in [0.15, 0.2) is 6.10 Å². The molecule has 1 aromatic carbocycles. The first-order valence-electron chi connectivity index (χ1n) is 8.41. The number of carbonyl (C=O) groups is 3. The molecular weight excluding hydrogens is 322 g/mol. The Morgan fingerprint density at radius 3 is 2.44 bits per heavy atom. The molecule has 2 amide bonds. The number of imide groups is 1. The van der Waals surface area contributed by atoms with Gasteiger partial charge in [-0.2, -0.15) is 0 Å². The number of rotatable bonds is 3. The molecule has 1 fully saturated rings. The van der Waals surface area contributed by atoms with E-state index in [4.69, 9.17) is 9.47 Å². The van der Waals surface area contributed by atoms with Crippen LogP contribution in [0.5, 0.6) is 0 Å². The number of hydrogen-bond acceptors (Lipinski definition) is 5. The third-order valence-corrected chi connectivity index (χ3v) is 3.94. The van der Waals surface area contributed by atoms with E-state index in [1.807, 2.05) is 37.3 Å². The number of nitrogens with zero attached hydrogens (tertiary/aromatic N) is 1. The molecule has 0 spiro atoms. The smallest absolute Gasteiger partial charge is 0.416 e. The van der Waals surface area contributed by atoms with E-state index in [1.54, 1.807) is 20.8 Å². The molecule has 2 atom stereocenters. The summed E-state index contributed by atoms with van der Waals surface area (Å²) in [5.41, 5.74) is 0.128. The fourth-order valence-corrected chi connectivity index (χ4v) is 2.48. The van der Waals surface area contributed by atoms with Crippen molar-refractivity contribution in [2.45, 2.75) is 46.8 Å². The van der Waals surface area contributed by atoms with E-state index in [0.29, 0.717) is 6.42 Å². The third-order valence-electron chi connectivity index (χ3n) is 3.94. The van der Waals surface area contributed by atoms with Gasteiger partial charge < -0.3 is 9.47 Å². The highest BCUT2D eigenvalue weighted by Crippen LogP contribution is 2.24. The van der Waals surface area contributed by atoms with Crippen molar-refractivity contribution in [1.82, 2.24) is 4.90 Å². The Labute approximate surface area is 148 Å². The number of hydrogen-bond donors (Lipinski definition) is 0. The summed E-state index contributed by atoms with van der Waals surface area (Å²) in [5, 5.41) is 0. The third kappa shape index (κ3) is 5.05. The van der Waals surface area contributed by atoms with Gasteiger partial charge in [-0.15, -0.1) is 0 Å². The SMILES string of the molecule is C[C@H]1C[C@H](OC(=O)C(C)(C)C)C(=O)N(C(=O)OCc2ccccc2)C1. The predicted molar refractivity (Wildman–Crippen MR) is 91.5 cm³/mol. The molecule has 1 aromatic rings. The van der Waals surface area contributed by atoms with Crippen LogP contribution in [0.25, 0.3) is 0 Å². The van der Waals surface area contributed by atoms with Gasteiger partial charge in [-0.3, -0.25) is 9.59 Å². The van der Waals surface area contributed by atoms with Gasteiger partial charge in [0.2, 0.25) is 0 Å². The van der Waals surface area contributed by atoms with Gasteiger partial charge in [0.25, 0.3) is 5.91 Å². The summed E-state index contributed by atoms with van der Waals surface area (Å²) in [4.78, 5) is 37.9. The van der Waals surface area contributed by atoms with Gasteiger partial charge in [0.05, 0.1) is 5.41 Å². The molecule has 0 N–H and O–H groups in total. The van der Waals surface area contributed by atoms with E-state index in [0.717, 1.165) is 10.5 Å². The molecule has 0 aliphatic carbocycles. The molecule has 6 nitrogen and oxygen atoms in total. The number of ether oxygens (including phenoxy) is 2. The molecule has 0 unspecified atom stereocenters. The summed E-state index contributed by atoms with van der Waals surface area (Å²) >= 11 is 0. The largest absolute Gasteiger partial charge is 0.452 e. The number of esters is 1. The van der Waals surface area contributed by atoms with Gasteiger partial charge in [-0.25, -0.2) is 9.69 Å². The fourth-order valence-electron chi connectivity index (χ4n) is 2.48. The molecule has 1 heterocycles. The van der Waals surface area contributed by atoms with Crippen molar-refractivity contribution < 1.29 is 23.9 Å². The van der Waals surface area contributed by atoms with E-state index in [1.165, 1.54) is 0 Å². The molecule has 1 aliphatic rings. The van der Waals surface area contributed by atoms with E-state index >= 15 is 0 Å². The van der Waals surface area contributed by atoms with E-state index in [-0.39, 0.29) is 19.1 Å². The summed E-state index contributed by atoms with van der Waals surface area (Å²) in [7, 11) is 0. The monoisotopic (exact) mass is 347 g/mol. The van der Waals surface area contributed by atoms with Crippen molar-refractivity contribution >= 4 is 18.0 Å². The number of benzene rings is 1. The zero-order valence-corrected chi connectivity index (χ0v) is 15.2. The lowest BCUT2D eigenvalue weighted by molar-refractivity contribution is -0.170. The Hall–Kier alpha value is -2.37. The van der Waals surface area contributed by atoms with Crippen LogP contribution in [0.3, 0.4) is 0 Å². The van der Waals surface area contributed by atoms with Crippen molar-refractivity contribution in [2.24, 2.45) is 11.3 Å². The van der Waals surface area contributed by atoms with Crippen LogP contribution >= 0.6 is 0 Å². The zero-order valence-electron chi connectivity index (χ0n) is 15.2. The van der Waals surface area contributed by atoms with Crippen molar-refractivity contribution in [3.63, 3.8) is 0 Å². The molecule has 25 heavy (non-hydrogen) atoms. The average Bonchev–Trinajstić information content (AvgIpc) is 2.55. The van der Waals surface area contributed by atoms with Crippen LogP contribution in [0.4, 0.5) is 4.79 Å². The normalized spacial score (nSPS) is 21.0. The maximum atomic E-state index is 12.5. The molecule has 0 bridgehead atoms. The zero-order chi connectivity index (χ0) is 18.6. The first kappa shape index (κ1) is 19.0. The van der Waals surface area contributed by atoms with Gasteiger partial charge in [-0.1, -0.05) is 37.3 Å². The molecule has 0 radical (unpaired) electrons. The molecule has 2 rings (SSSR count). The highest BCUT2D eigenvalue weighted by Gasteiger charge is 2.40. The maximum Gasteiger partial charge on any atom is 0.416 e. The Balaban J connectivity index is 2.00. The number of likely N-dealkylation sites (tertiary alicyclic amines) is 1. The lowest BCUT2D eigenvalue weighted by Crippen LogP contribution is -2.52. The second-order valence-corrected chi connectivity index (χ2v) is 7.47. The standard InChI is InChI=1S/C19H25NO5/c1-13-10-15(25-17(22)19(2,3)4)16(21)20(11-13)18(23)24-12-14-8-6-5-7-9-14/h5-9,13,15H,10-12H2,1-4H3/t13-,15-/m0/s1. The Morgan fingerprint density at radius 2 is 1.84 bits per heavy atom. The highest BCUT2D eigenvalue weighted by atomic mass is 16.6. The molecular formula is C19H25NO5. The van der Waals surface area contributed by atoms with Crippen molar-refractivity contribution in [3.05, 3.63) is 35.9 Å². The molecule has 6 heteroatoms. The Kier molecular flexibility index (Phi) is 5.82. The Bertz CT molecular complexity index is 635. The summed E-state index contributed by atoms with van der Waals surface area (Å²) in [6.07, 6.45) is -1.25. The quantitative estimate of drug-likeness (QED) is 0.785. The van der Waals surface area contributed by atoms with Crippen LogP contribution in [-0.2, 0) is 25.7 Å². The van der Waals surface area contributed by atoms with Crippen LogP contribution in [-0.4, -0.2) is 35.5 Å². The second-order valence-electron chi connectivity index (χ2n) is 7.47. The lowest BCUT2D eigenvalue weighted by atomic mass is 9.95. The molecule has 1 aliphatic heterocycles. The molecule has 1 saturated heterocycles. The maximum absolute atomic E-state index is 12.5. The van der Waals surface area contributed by atoms with Crippen LogP contribution < -0.4 is 0 Å². The minimum absolute atomic E-state index is 0.0275. The Morgan fingerprint density at radius 1 is 1.20 bits per heavy atom. The fraction of sp³-hybridized carbons (Fsp3) is 0.526. The summed E-state index contributed by atoms with van der Waals surface area (Å²) in [6.45, 7) is 7.41. The van der Waals surface area contributed by atoms with Crippen molar-refractivity contribution in [2.75, 3.05) is 6.54 Å². The minimum atomic E-state index is -0.945. The molecule has 0 aromatic heterocycles. The lowest BCUT2D eigenvalue weighted by Gasteiger charge is -2.34. The van der Waals surface area contributed by atoms with Crippen molar-refractivity contribution in [1.29, 1.82) is 0 Å². The first-order valence-corrected chi connectivity index (χ1v) is 8.41. The minimum Gasteiger partial charge on any atom is -0.452 e. The summed E-state index contributed by atoms with van der Waals surface area (Å²) in [6, 6.07) is 9.23. The second kappa shape index (κ2) is 7.68. The van der Waals surface area contributed by atoms with Gasteiger partial charge in [-0.05, 0) is 38.7 Å². The molecule has 136 valence electrons. The molecule has 0 saturated carbocycles. The summed E-state index contributed by atoms with van der Waals surface area (Å²) in [5.74, 6) is -0.953. The van der Waals surface area contributed by atoms with Crippen molar-refractivity contribution in [3.8, 4) is 0 Å². The van der Waals surface area contributed by atoms with Gasteiger partial charge in [0.1, 0.15) is 6.61 Å². The topological polar surface area (TPSA) is 72.9 Å². The van der Waals surface area contributed by atoms with E-state index < -0.39 is 29.5 Å². The number of piperidine rings is 1.